The van der Waals surface area contributed by atoms with Crippen molar-refractivity contribution >= 4 is 12.1 Å². The van der Waals surface area contributed by atoms with Crippen molar-refractivity contribution in [1.29, 1.82) is 0 Å². The van der Waals surface area contributed by atoms with Gasteiger partial charge in [0, 0.05) is 20.0 Å². The molecule has 0 aromatic rings. The molecule has 0 spiro atoms. The average molecular weight is 269 g/mol. The minimum absolute atomic E-state index is 0.0355. The van der Waals surface area contributed by atoms with Gasteiger partial charge in [-0.15, -0.1) is 0 Å². The lowest BCUT2D eigenvalue weighted by Crippen LogP contribution is -2.36. The van der Waals surface area contributed by atoms with E-state index in [1.165, 1.54) is 6.92 Å². The molecule has 1 saturated carbocycles. The number of likely N-dealkylation sites (tertiary alicyclic amines) is 1. The Morgan fingerprint density at radius 3 is 2.05 bits per heavy atom. The molecule has 0 bridgehead atoms. The molecule has 1 heterocycles. The van der Waals surface area contributed by atoms with E-state index in [9.17, 15) is 9.59 Å². The Bertz CT molecular complexity index is 360. The van der Waals surface area contributed by atoms with Crippen molar-refractivity contribution in [2.24, 2.45) is 11.8 Å². The third kappa shape index (κ3) is 3.61. The zero-order valence-corrected chi connectivity index (χ0v) is 12.1. The van der Waals surface area contributed by atoms with E-state index in [1.54, 1.807) is 4.90 Å². The molecule has 2 unspecified atom stereocenters. The Hall–Kier alpha value is -1.26. The molecule has 2 fully saturated rings. The van der Waals surface area contributed by atoms with Crippen molar-refractivity contribution < 1.29 is 19.1 Å². The Labute approximate surface area is 114 Å². The molecule has 5 nitrogen and oxygen atoms in total. The number of esters is 1. The highest BCUT2D eigenvalue weighted by Crippen LogP contribution is 2.39. The molecular formula is C14H23NO4. The van der Waals surface area contributed by atoms with E-state index in [1.807, 2.05) is 20.8 Å². The standard InChI is InChI=1S/C14H23NO4/c1-9(16)18-12-5-10-7-15(8-11(10)6-12)13(17)19-14(2,3)4/h10-12H,5-8H2,1-4H3. The second kappa shape index (κ2) is 5.02. The Morgan fingerprint density at radius 2 is 1.63 bits per heavy atom. The fraction of sp³-hybridized carbons (Fsp3) is 0.857. The van der Waals surface area contributed by atoms with E-state index in [4.69, 9.17) is 9.47 Å². The lowest BCUT2D eigenvalue weighted by Gasteiger charge is -2.25. The van der Waals surface area contributed by atoms with Crippen LogP contribution in [0.15, 0.2) is 0 Å². The molecule has 2 atom stereocenters. The predicted molar refractivity (Wildman–Crippen MR) is 69.6 cm³/mol. The van der Waals surface area contributed by atoms with Crippen LogP contribution in [-0.4, -0.2) is 41.8 Å². The molecule has 0 N–H and O–H groups in total. The molecule has 5 heteroatoms. The Balaban J connectivity index is 1.84. The molecule has 19 heavy (non-hydrogen) atoms. The first-order valence-electron chi connectivity index (χ1n) is 6.90. The van der Waals surface area contributed by atoms with Gasteiger partial charge < -0.3 is 14.4 Å². The highest BCUT2D eigenvalue weighted by atomic mass is 16.6. The van der Waals surface area contributed by atoms with Crippen molar-refractivity contribution in [3.63, 3.8) is 0 Å². The van der Waals surface area contributed by atoms with E-state index in [-0.39, 0.29) is 18.2 Å². The topological polar surface area (TPSA) is 55.8 Å². The van der Waals surface area contributed by atoms with E-state index in [0.29, 0.717) is 11.8 Å². The van der Waals surface area contributed by atoms with Crippen molar-refractivity contribution in [3.05, 3.63) is 0 Å². The average Bonchev–Trinajstić information content (AvgIpc) is 2.70. The van der Waals surface area contributed by atoms with Gasteiger partial charge in [0.1, 0.15) is 11.7 Å². The van der Waals surface area contributed by atoms with Crippen LogP contribution in [-0.2, 0) is 14.3 Å². The molecule has 0 aromatic carbocycles. The van der Waals surface area contributed by atoms with Gasteiger partial charge in [0.15, 0.2) is 0 Å². The molecule has 1 aliphatic carbocycles. The van der Waals surface area contributed by atoms with Crippen LogP contribution in [0, 0.1) is 11.8 Å². The van der Waals surface area contributed by atoms with Gasteiger partial charge in [0.25, 0.3) is 0 Å². The summed E-state index contributed by atoms with van der Waals surface area (Å²) in [6.07, 6.45) is 1.53. The summed E-state index contributed by atoms with van der Waals surface area (Å²) in [4.78, 5) is 24.7. The molecule has 108 valence electrons. The maximum atomic E-state index is 12.0. The number of carbonyl (C=O) groups is 2. The van der Waals surface area contributed by atoms with Gasteiger partial charge in [0.05, 0.1) is 0 Å². The van der Waals surface area contributed by atoms with E-state index < -0.39 is 5.60 Å². The third-order valence-corrected chi connectivity index (χ3v) is 3.69. The molecule has 0 radical (unpaired) electrons. The number of hydrogen-bond acceptors (Lipinski definition) is 4. The quantitative estimate of drug-likeness (QED) is 0.685. The first kappa shape index (κ1) is 14.2. The highest BCUT2D eigenvalue weighted by molar-refractivity contribution is 5.68. The maximum absolute atomic E-state index is 12.0. The smallest absolute Gasteiger partial charge is 0.410 e. The van der Waals surface area contributed by atoms with Gasteiger partial charge in [-0.05, 0) is 45.4 Å². The van der Waals surface area contributed by atoms with Gasteiger partial charge in [-0.2, -0.15) is 0 Å². The second-order valence-corrected chi connectivity index (χ2v) is 6.61. The molecule has 1 saturated heterocycles. The Morgan fingerprint density at radius 1 is 1.11 bits per heavy atom. The van der Waals surface area contributed by atoms with Crippen molar-refractivity contribution in [1.82, 2.24) is 4.90 Å². The zero-order chi connectivity index (χ0) is 14.2. The molecular weight excluding hydrogens is 246 g/mol. The number of hydrogen-bond donors (Lipinski definition) is 0. The molecule has 2 rings (SSSR count). The van der Waals surface area contributed by atoms with Crippen LogP contribution in [0.5, 0.6) is 0 Å². The number of ether oxygens (including phenoxy) is 2. The second-order valence-electron chi connectivity index (χ2n) is 6.61. The molecule has 0 aromatic heterocycles. The van der Waals surface area contributed by atoms with Gasteiger partial charge in [0.2, 0.25) is 0 Å². The number of fused-ring (bicyclic) bond motifs is 1. The summed E-state index contributed by atoms with van der Waals surface area (Å²) in [6, 6.07) is 0. The van der Waals surface area contributed by atoms with Crippen LogP contribution in [0.3, 0.4) is 0 Å². The summed E-state index contributed by atoms with van der Waals surface area (Å²) in [5.41, 5.74) is -0.449. The fourth-order valence-electron chi connectivity index (χ4n) is 3.05. The van der Waals surface area contributed by atoms with Crippen molar-refractivity contribution in [2.45, 2.75) is 52.2 Å². The van der Waals surface area contributed by atoms with Crippen LogP contribution in [0.2, 0.25) is 0 Å². The number of rotatable bonds is 1. The van der Waals surface area contributed by atoms with Crippen molar-refractivity contribution in [2.75, 3.05) is 13.1 Å². The maximum Gasteiger partial charge on any atom is 0.410 e. The van der Waals surface area contributed by atoms with E-state index in [2.05, 4.69) is 0 Å². The Kier molecular flexibility index (Phi) is 3.74. The summed E-state index contributed by atoms with van der Waals surface area (Å²) in [5, 5.41) is 0. The van der Waals surface area contributed by atoms with Crippen LogP contribution < -0.4 is 0 Å². The summed E-state index contributed by atoms with van der Waals surface area (Å²) in [5.74, 6) is 0.669. The third-order valence-electron chi connectivity index (χ3n) is 3.69. The first-order valence-corrected chi connectivity index (χ1v) is 6.90. The van der Waals surface area contributed by atoms with Crippen LogP contribution in [0.25, 0.3) is 0 Å². The van der Waals surface area contributed by atoms with Crippen LogP contribution in [0.4, 0.5) is 4.79 Å². The van der Waals surface area contributed by atoms with E-state index >= 15 is 0 Å². The van der Waals surface area contributed by atoms with Gasteiger partial charge >= 0.3 is 12.1 Å². The largest absolute Gasteiger partial charge is 0.463 e. The predicted octanol–water partition coefficient (Wildman–Crippen LogP) is 2.20. The normalized spacial score (nSPS) is 30.1. The van der Waals surface area contributed by atoms with Crippen LogP contribution in [0.1, 0.15) is 40.5 Å². The number of nitrogens with zero attached hydrogens (tertiary/aromatic N) is 1. The van der Waals surface area contributed by atoms with Gasteiger partial charge in [-0.25, -0.2) is 4.79 Å². The van der Waals surface area contributed by atoms with Crippen molar-refractivity contribution in [3.8, 4) is 0 Å². The summed E-state index contributed by atoms with van der Waals surface area (Å²) >= 11 is 0. The summed E-state index contributed by atoms with van der Waals surface area (Å²) in [6.45, 7) is 8.51. The van der Waals surface area contributed by atoms with E-state index in [0.717, 1.165) is 25.9 Å². The highest BCUT2D eigenvalue weighted by Gasteiger charge is 2.44. The monoisotopic (exact) mass is 269 g/mol. The summed E-state index contributed by atoms with van der Waals surface area (Å²) in [7, 11) is 0. The SMILES string of the molecule is CC(=O)OC1CC2CN(C(=O)OC(C)(C)C)CC2C1. The zero-order valence-electron chi connectivity index (χ0n) is 12.1. The fourth-order valence-corrected chi connectivity index (χ4v) is 3.05. The molecule has 1 amide bonds. The van der Waals surface area contributed by atoms with Crippen LogP contribution >= 0.6 is 0 Å². The number of carbonyl (C=O) groups excluding carboxylic acids is 2. The van der Waals surface area contributed by atoms with Gasteiger partial charge in [-0.3, -0.25) is 4.79 Å². The van der Waals surface area contributed by atoms with Gasteiger partial charge in [-0.1, -0.05) is 0 Å². The number of amides is 1. The molecule has 1 aliphatic heterocycles. The molecule has 2 aliphatic rings. The first-order chi connectivity index (χ1) is 8.74. The minimum Gasteiger partial charge on any atom is -0.463 e. The minimum atomic E-state index is -0.449. The lowest BCUT2D eigenvalue weighted by molar-refractivity contribution is -0.146. The summed E-state index contributed by atoms with van der Waals surface area (Å²) < 4.78 is 10.6. The lowest BCUT2D eigenvalue weighted by atomic mass is 10.0.